The summed E-state index contributed by atoms with van der Waals surface area (Å²) in [5.41, 5.74) is 2.42. The minimum absolute atomic E-state index is 0.180. The lowest BCUT2D eigenvalue weighted by Gasteiger charge is -2.27. The summed E-state index contributed by atoms with van der Waals surface area (Å²) in [7, 11) is -3.73. The number of nitrogens with one attached hydrogen (secondary N) is 2. The molecule has 0 atom stereocenters. The van der Waals surface area contributed by atoms with Gasteiger partial charge in [-0.3, -0.25) is 4.72 Å². The number of pyridine rings is 1. The van der Waals surface area contributed by atoms with Crippen LogP contribution in [0.4, 0.5) is 11.5 Å². The zero-order chi connectivity index (χ0) is 21.1. The zero-order valence-electron chi connectivity index (χ0n) is 17.5. The zero-order valence-corrected chi connectivity index (χ0v) is 18.3. The van der Waals surface area contributed by atoms with Crippen molar-refractivity contribution < 1.29 is 8.42 Å². The highest BCUT2D eigenvalue weighted by Crippen LogP contribution is 2.35. The lowest BCUT2D eigenvalue weighted by molar-refractivity contribution is 0.601. The molecule has 0 amide bonds. The second kappa shape index (κ2) is 8.41. The summed E-state index contributed by atoms with van der Waals surface area (Å²) in [4.78, 5) is 4.92. The molecule has 0 spiro atoms. The van der Waals surface area contributed by atoms with E-state index in [0.29, 0.717) is 5.82 Å². The topological polar surface area (TPSA) is 71.1 Å². The molecule has 0 unspecified atom stereocenters. The van der Waals surface area contributed by atoms with E-state index >= 15 is 0 Å². The highest BCUT2D eigenvalue weighted by atomic mass is 32.2. The van der Waals surface area contributed by atoms with Crippen molar-refractivity contribution in [2.24, 2.45) is 0 Å². The van der Waals surface area contributed by atoms with Gasteiger partial charge in [0, 0.05) is 16.5 Å². The van der Waals surface area contributed by atoms with E-state index in [0.717, 1.165) is 41.4 Å². The van der Waals surface area contributed by atoms with Crippen LogP contribution in [0.25, 0.3) is 10.9 Å². The Balaban J connectivity index is 2.19. The monoisotopic (exact) mass is 411 g/mol. The number of hydrogen-bond acceptors (Lipinski definition) is 4. The summed E-state index contributed by atoms with van der Waals surface area (Å²) in [6, 6.07) is 16.2. The van der Waals surface area contributed by atoms with Crippen LogP contribution in [-0.4, -0.2) is 18.9 Å². The Morgan fingerprint density at radius 3 is 2.28 bits per heavy atom. The molecule has 2 aromatic carbocycles. The van der Waals surface area contributed by atoms with E-state index in [1.54, 1.807) is 30.3 Å². The van der Waals surface area contributed by atoms with Crippen molar-refractivity contribution in [3.63, 3.8) is 0 Å². The van der Waals surface area contributed by atoms with Crippen LogP contribution in [0, 0.1) is 0 Å². The molecular formula is C23H29N3O2S. The van der Waals surface area contributed by atoms with Crippen LogP contribution in [0.3, 0.4) is 0 Å². The fourth-order valence-corrected chi connectivity index (χ4v) is 4.29. The molecule has 0 aliphatic heterocycles. The lowest BCUT2D eigenvalue weighted by Crippen LogP contribution is -2.27. The summed E-state index contributed by atoms with van der Waals surface area (Å²) < 4.78 is 28.7. The van der Waals surface area contributed by atoms with E-state index in [-0.39, 0.29) is 10.4 Å². The molecule has 2 N–H and O–H groups in total. The first-order valence-corrected chi connectivity index (χ1v) is 11.5. The van der Waals surface area contributed by atoms with Gasteiger partial charge >= 0.3 is 0 Å². The second-order valence-corrected chi connectivity index (χ2v) is 9.91. The van der Waals surface area contributed by atoms with Gasteiger partial charge in [0.2, 0.25) is 0 Å². The summed E-state index contributed by atoms with van der Waals surface area (Å²) in [6.45, 7) is 8.41. The van der Waals surface area contributed by atoms with Crippen LogP contribution >= 0.6 is 0 Å². The number of fused-ring (bicyclic) bond motifs is 1. The van der Waals surface area contributed by atoms with Crippen LogP contribution in [0.15, 0.2) is 59.5 Å². The van der Waals surface area contributed by atoms with Gasteiger partial charge in [-0.05, 0) is 51.8 Å². The van der Waals surface area contributed by atoms with Crippen molar-refractivity contribution in [1.82, 2.24) is 4.98 Å². The third-order valence-electron chi connectivity index (χ3n) is 4.56. The van der Waals surface area contributed by atoms with E-state index < -0.39 is 10.0 Å². The SMILES string of the molecule is CCCCc1c(NS(=O)(=O)c2ccccc2)nc2ccccc2c1NC(C)(C)C. The minimum Gasteiger partial charge on any atom is -0.380 e. The molecule has 3 rings (SSSR count). The normalized spacial score (nSPS) is 12.1. The van der Waals surface area contributed by atoms with Gasteiger partial charge in [-0.2, -0.15) is 0 Å². The van der Waals surface area contributed by atoms with Crippen LogP contribution in [0.5, 0.6) is 0 Å². The minimum atomic E-state index is -3.73. The van der Waals surface area contributed by atoms with Gasteiger partial charge in [0.05, 0.1) is 16.1 Å². The average Bonchev–Trinajstić information content (AvgIpc) is 2.67. The maximum atomic E-state index is 13.0. The Labute approximate surface area is 173 Å². The molecule has 1 aromatic heterocycles. The number of aromatic nitrogens is 1. The number of unbranched alkanes of at least 4 members (excludes halogenated alkanes) is 1. The van der Waals surface area contributed by atoms with Gasteiger partial charge in [0.25, 0.3) is 10.0 Å². The van der Waals surface area contributed by atoms with E-state index in [4.69, 9.17) is 4.98 Å². The smallest absolute Gasteiger partial charge is 0.263 e. The Morgan fingerprint density at radius 2 is 1.62 bits per heavy atom. The Kier molecular flexibility index (Phi) is 6.13. The molecule has 5 nitrogen and oxygen atoms in total. The highest BCUT2D eigenvalue weighted by molar-refractivity contribution is 7.92. The Hall–Kier alpha value is -2.60. The van der Waals surface area contributed by atoms with Gasteiger partial charge < -0.3 is 5.32 Å². The van der Waals surface area contributed by atoms with Gasteiger partial charge in [-0.15, -0.1) is 0 Å². The fraction of sp³-hybridized carbons (Fsp3) is 0.348. The maximum absolute atomic E-state index is 13.0. The van der Waals surface area contributed by atoms with E-state index in [2.05, 4.69) is 37.7 Å². The highest BCUT2D eigenvalue weighted by Gasteiger charge is 2.22. The van der Waals surface area contributed by atoms with Crippen molar-refractivity contribution in [2.45, 2.75) is 57.4 Å². The predicted octanol–water partition coefficient (Wildman–Crippen LogP) is 5.59. The summed E-state index contributed by atoms with van der Waals surface area (Å²) >= 11 is 0. The van der Waals surface area contributed by atoms with Gasteiger partial charge in [-0.1, -0.05) is 49.7 Å². The first-order valence-electron chi connectivity index (χ1n) is 9.99. The van der Waals surface area contributed by atoms with Crippen molar-refractivity contribution in [3.8, 4) is 0 Å². The number of hydrogen-bond donors (Lipinski definition) is 2. The molecule has 29 heavy (non-hydrogen) atoms. The Morgan fingerprint density at radius 1 is 0.966 bits per heavy atom. The number of nitrogens with zero attached hydrogens (tertiary/aromatic N) is 1. The third kappa shape index (κ3) is 5.07. The van der Waals surface area contributed by atoms with Crippen LogP contribution in [0.1, 0.15) is 46.1 Å². The number of benzene rings is 2. The molecule has 6 heteroatoms. The molecule has 0 saturated heterocycles. The first kappa shape index (κ1) is 21.1. The Bertz CT molecular complexity index is 1090. The van der Waals surface area contributed by atoms with Crippen molar-refractivity contribution in [2.75, 3.05) is 10.0 Å². The molecular weight excluding hydrogens is 382 g/mol. The standard InChI is InChI=1S/C23H29N3O2S/c1-5-6-14-19-21(25-23(2,3)4)18-15-10-11-16-20(18)24-22(19)26-29(27,28)17-12-8-7-9-13-17/h7-13,15-16H,5-6,14H2,1-4H3,(H2,24,25,26). The molecule has 0 saturated carbocycles. The molecule has 0 radical (unpaired) electrons. The maximum Gasteiger partial charge on any atom is 0.263 e. The molecule has 1 heterocycles. The second-order valence-electron chi connectivity index (χ2n) is 8.23. The molecule has 0 aliphatic carbocycles. The van der Waals surface area contributed by atoms with Gasteiger partial charge in [-0.25, -0.2) is 13.4 Å². The van der Waals surface area contributed by atoms with Crippen molar-refractivity contribution in [3.05, 3.63) is 60.2 Å². The van der Waals surface area contributed by atoms with Gasteiger partial charge in [0.1, 0.15) is 5.82 Å². The number of anilines is 2. The number of sulfonamides is 1. The van der Waals surface area contributed by atoms with E-state index in [1.807, 2.05) is 24.3 Å². The lowest BCUT2D eigenvalue weighted by atomic mass is 10.00. The predicted molar refractivity (Wildman–Crippen MR) is 121 cm³/mol. The average molecular weight is 412 g/mol. The molecule has 0 bridgehead atoms. The summed E-state index contributed by atoms with van der Waals surface area (Å²) in [5.74, 6) is 0.396. The summed E-state index contributed by atoms with van der Waals surface area (Å²) in [5, 5.41) is 4.59. The van der Waals surface area contributed by atoms with Crippen molar-refractivity contribution >= 4 is 32.4 Å². The summed E-state index contributed by atoms with van der Waals surface area (Å²) in [6.07, 6.45) is 2.69. The van der Waals surface area contributed by atoms with Crippen molar-refractivity contribution in [1.29, 1.82) is 0 Å². The molecule has 0 fully saturated rings. The first-order chi connectivity index (χ1) is 13.7. The van der Waals surface area contributed by atoms with Gasteiger partial charge in [0.15, 0.2) is 0 Å². The molecule has 3 aromatic rings. The fourth-order valence-electron chi connectivity index (χ4n) is 3.24. The van der Waals surface area contributed by atoms with E-state index in [1.165, 1.54) is 0 Å². The largest absolute Gasteiger partial charge is 0.380 e. The van der Waals surface area contributed by atoms with Crippen LogP contribution < -0.4 is 10.0 Å². The third-order valence-corrected chi connectivity index (χ3v) is 5.91. The molecule has 0 aliphatic rings. The van der Waals surface area contributed by atoms with E-state index in [9.17, 15) is 8.42 Å². The number of para-hydroxylation sites is 1. The quantitative estimate of drug-likeness (QED) is 0.532. The molecule has 154 valence electrons. The number of rotatable bonds is 7. The van der Waals surface area contributed by atoms with Crippen LogP contribution in [-0.2, 0) is 16.4 Å². The van der Waals surface area contributed by atoms with Crippen LogP contribution in [0.2, 0.25) is 0 Å².